The fourth-order valence-electron chi connectivity index (χ4n) is 2.71. The third-order valence-corrected chi connectivity index (χ3v) is 3.74. The molecule has 3 nitrogen and oxygen atoms in total. The van der Waals surface area contributed by atoms with E-state index in [0.29, 0.717) is 0 Å². The van der Waals surface area contributed by atoms with Crippen molar-refractivity contribution >= 4 is 5.69 Å². The standard InChI is InChI=1S/C16H26N2O/c1-14-4-3-10-18(12-14)13-15-5-7-16(8-6-15)17-9-11-19-2/h5-8,14,17H,3-4,9-13H2,1-2H3. The molecular formula is C16H26N2O. The third-order valence-electron chi connectivity index (χ3n) is 3.74. The molecule has 0 radical (unpaired) electrons. The zero-order chi connectivity index (χ0) is 13.5. The molecule has 0 bridgehead atoms. The van der Waals surface area contributed by atoms with Crippen molar-refractivity contribution in [3.63, 3.8) is 0 Å². The van der Waals surface area contributed by atoms with Crippen LogP contribution in [0.4, 0.5) is 5.69 Å². The second kappa shape index (κ2) is 7.51. The maximum absolute atomic E-state index is 5.03. The van der Waals surface area contributed by atoms with Crippen molar-refractivity contribution in [2.75, 3.05) is 38.7 Å². The van der Waals surface area contributed by atoms with E-state index in [0.717, 1.165) is 25.6 Å². The van der Waals surface area contributed by atoms with Crippen molar-refractivity contribution in [2.45, 2.75) is 26.3 Å². The Bertz CT molecular complexity index is 364. The molecule has 0 aromatic heterocycles. The van der Waals surface area contributed by atoms with E-state index in [9.17, 15) is 0 Å². The van der Waals surface area contributed by atoms with E-state index in [2.05, 4.69) is 41.4 Å². The van der Waals surface area contributed by atoms with Gasteiger partial charge in [0.25, 0.3) is 0 Å². The zero-order valence-electron chi connectivity index (χ0n) is 12.2. The molecule has 1 aromatic rings. The highest BCUT2D eigenvalue weighted by Crippen LogP contribution is 2.18. The van der Waals surface area contributed by atoms with Gasteiger partial charge in [-0.3, -0.25) is 4.90 Å². The number of hydrogen-bond acceptors (Lipinski definition) is 3. The molecule has 2 rings (SSSR count). The molecule has 1 aromatic carbocycles. The molecule has 0 aliphatic carbocycles. The minimum Gasteiger partial charge on any atom is -0.383 e. The van der Waals surface area contributed by atoms with Crippen LogP contribution >= 0.6 is 0 Å². The van der Waals surface area contributed by atoms with Crippen LogP contribution in [-0.4, -0.2) is 38.3 Å². The predicted octanol–water partition coefficient (Wildman–Crippen LogP) is 2.98. The number of piperidine rings is 1. The van der Waals surface area contributed by atoms with Crippen LogP contribution in [-0.2, 0) is 11.3 Å². The van der Waals surface area contributed by atoms with Gasteiger partial charge >= 0.3 is 0 Å². The number of rotatable bonds is 6. The largest absolute Gasteiger partial charge is 0.383 e. The van der Waals surface area contributed by atoms with Crippen LogP contribution in [0.5, 0.6) is 0 Å². The zero-order valence-corrected chi connectivity index (χ0v) is 12.2. The Hall–Kier alpha value is -1.06. The van der Waals surface area contributed by atoms with Gasteiger partial charge in [-0.05, 0) is 43.0 Å². The van der Waals surface area contributed by atoms with E-state index in [1.165, 1.54) is 37.2 Å². The Morgan fingerprint density at radius 2 is 2.11 bits per heavy atom. The lowest BCUT2D eigenvalue weighted by molar-refractivity contribution is 0.176. The van der Waals surface area contributed by atoms with Crippen molar-refractivity contribution < 1.29 is 4.74 Å². The quantitative estimate of drug-likeness (QED) is 0.798. The predicted molar refractivity (Wildman–Crippen MR) is 80.5 cm³/mol. The SMILES string of the molecule is COCCNc1ccc(CN2CCCC(C)C2)cc1. The van der Waals surface area contributed by atoms with Crippen molar-refractivity contribution in [3.8, 4) is 0 Å². The molecule has 3 heteroatoms. The summed E-state index contributed by atoms with van der Waals surface area (Å²) >= 11 is 0. The van der Waals surface area contributed by atoms with E-state index in [-0.39, 0.29) is 0 Å². The third kappa shape index (κ3) is 4.84. The van der Waals surface area contributed by atoms with E-state index < -0.39 is 0 Å². The van der Waals surface area contributed by atoms with Crippen LogP contribution < -0.4 is 5.32 Å². The number of benzene rings is 1. The Balaban J connectivity index is 1.81. The van der Waals surface area contributed by atoms with Crippen molar-refractivity contribution in [3.05, 3.63) is 29.8 Å². The van der Waals surface area contributed by atoms with Crippen LogP contribution in [0.3, 0.4) is 0 Å². The van der Waals surface area contributed by atoms with Gasteiger partial charge < -0.3 is 10.1 Å². The van der Waals surface area contributed by atoms with Crippen LogP contribution in [0, 0.1) is 5.92 Å². The monoisotopic (exact) mass is 262 g/mol. The maximum atomic E-state index is 5.03. The number of hydrogen-bond donors (Lipinski definition) is 1. The molecule has 1 saturated heterocycles. The summed E-state index contributed by atoms with van der Waals surface area (Å²) in [7, 11) is 1.73. The fourth-order valence-corrected chi connectivity index (χ4v) is 2.71. The van der Waals surface area contributed by atoms with Gasteiger partial charge in [0.2, 0.25) is 0 Å². The number of likely N-dealkylation sites (tertiary alicyclic amines) is 1. The first-order chi connectivity index (χ1) is 9.28. The van der Waals surface area contributed by atoms with E-state index in [1.807, 2.05) is 0 Å². The van der Waals surface area contributed by atoms with Crippen molar-refractivity contribution in [1.82, 2.24) is 4.90 Å². The lowest BCUT2D eigenvalue weighted by Gasteiger charge is -2.30. The van der Waals surface area contributed by atoms with Gasteiger partial charge in [0.05, 0.1) is 6.61 Å². The molecule has 106 valence electrons. The molecular weight excluding hydrogens is 236 g/mol. The number of methoxy groups -OCH3 is 1. The first-order valence-electron chi connectivity index (χ1n) is 7.32. The normalized spacial score (nSPS) is 20.4. The highest BCUT2D eigenvalue weighted by atomic mass is 16.5. The van der Waals surface area contributed by atoms with Crippen molar-refractivity contribution in [2.24, 2.45) is 5.92 Å². The average Bonchev–Trinajstić information content (AvgIpc) is 2.41. The first kappa shape index (κ1) is 14.4. The van der Waals surface area contributed by atoms with Gasteiger partial charge in [0, 0.05) is 32.4 Å². The first-order valence-corrected chi connectivity index (χ1v) is 7.32. The Labute approximate surface area is 116 Å². The molecule has 1 unspecified atom stereocenters. The lowest BCUT2D eigenvalue weighted by atomic mass is 10.00. The summed E-state index contributed by atoms with van der Waals surface area (Å²) in [5.41, 5.74) is 2.58. The maximum Gasteiger partial charge on any atom is 0.0635 e. The molecule has 0 amide bonds. The summed E-state index contributed by atoms with van der Waals surface area (Å²) in [6, 6.07) is 8.79. The van der Waals surface area contributed by atoms with Gasteiger partial charge in [-0.15, -0.1) is 0 Å². The Morgan fingerprint density at radius 3 is 2.79 bits per heavy atom. The highest BCUT2D eigenvalue weighted by molar-refractivity contribution is 5.44. The second-order valence-electron chi connectivity index (χ2n) is 5.60. The molecule has 1 aliphatic rings. The topological polar surface area (TPSA) is 24.5 Å². The van der Waals surface area contributed by atoms with E-state index in [4.69, 9.17) is 4.74 Å². The summed E-state index contributed by atoms with van der Waals surface area (Å²) in [4.78, 5) is 2.57. The molecule has 1 heterocycles. The minimum atomic E-state index is 0.743. The summed E-state index contributed by atoms with van der Waals surface area (Å²) in [6.07, 6.45) is 2.73. The molecule has 1 aliphatic heterocycles. The average molecular weight is 262 g/mol. The summed E-state index contributed by atoms with van der Waals surface area (Å²) in [6.45, 7) is 7.54. The van der Waals surface area contributed by atoms with Crippen LogP contribution in [0.15, 0.2) is 24.3 Å². The van der Waals surface area contributed by atoms with Crippen molar-refractivity contribution in [1.29, 1.82) is 0 Å². The Kier molecular flexibility index (Phi) is 5.67. The number of nitrogens with one attached hydrogen (secondary N) is 1. The molecule has 1 atom stereocenters. The second-order valence-corrected chi connectivity index (χ2v) is 5.60. The highest BCUT2D eigenvalue weighted by Gasteiger charge is 2.15. The van der Waals surface area contributed by atoms with Crippen LogP contribution in [0.1, 0.15) is 25.3 Å². The summed E-state index contributed by atoms with van der Waals surface area (Å²) in [5.74, 6) is 0.851. The number of ether oxygens (including phenoxy) is 1. The Morgan fingerprint density at radius 1 is 1.32 bits per heavy atom. The number of anilines is 1. The molecule has 0 saturated carbocycles. The van der Waals surface area contributed by atoms with Gasteiger partial charge in [-0.25, -0.2) is 0 Å². The van der Waals surface area contributed by atoms with Crippen LogP contribution in [0.25, 0.3) is 0 Å². The minimum absolute atomic E-state index is 0.743. The molecule has 1 N–H and O–H groups in total. The molecule has 0 spiro atoms. The van der Waals surface area contributed by atoms with Gasteiger partial charge in [-0.1, -0.05) is 19.1 Å². The smallest absolute Gasteiger partial charge is 0.0635 e. The van der Waals surface area contributed by atoms with Gasteiger partial charge in [0.1, 0.15) is 0 Å². The molecule has 1 fully saturated rings. The van der Waals surface area contributed by atoms with E-state index in [1.54, 1.807) is 7.11 Å². The van der Waals surface area contributed by atoms with Gasteiger partial charge in [0.15, 0.2) is 0 Å². The lowest BCUT2D eigenvalue weighted by Crippen LogP contribution is -2.33. The fraction of sp³-hybridized carbons (Fsp3) is 0.625. The van der Waals surface area contributed by atoms with Gasteiger partial charge in [-0.2, -0.15) is 0 Å². The van der Waals surface area contributed by atoms with Crippen LogP contribution in [0.2, 0.25) is 0 Å². The summed E-state index contributed by atoms with van der Waals surface area (Å²) in [5, 5.41) is 3.34. The molecule has 19 heavy (non-hydrogen) atoms. The number of nitrogens with zero attached hydrogens (tertiary/aromatic N) is 1. The van der Waals surface area contributed by atoms with E-state index >= 15 is 0 Å². The summed E-state index contributed by atoms with van der Waals surface area (Å²) < 4.78 is 5.03.